The molecular formula is C11H17ClN2O3. The summed E-state index contributed by atoms with van der Waals surface area (Å²) in [4.78, 5) is 6.11. The third-order valence-corrected chi connectivity index (χ3v) is 2.66. The molecule has 0 atom stereocenters. The molecule has 0 aliphatic heterocycles. The lowest BCUT2D eigenvalue weighted by Gasteiger charge is -2.23. The number of aliphatic hydroxyl groups is 2. The fourth-order valence-electron chi connectivity index (χ4n) is 1.42. The second kappa shape index (κ2) is 7.45. The van der Waals surface area contributed by atoms with E-state index in [0.717, 1.165) is 0 Å². The van der Waals surface area contributed by atoms with Crippen LogP contribution in [0.4, 0.5) is 5.82 Å². The number of ether oxygens (including phenoxy) is 1. The molecule has 0 radical (unpaired) electrons. The quantitative estimate of drug-likeness (QED) is 0.755. The molecule has 17 heavy (non-hydrogen) atoms. The Balaban J connectivity index is 2.85. The molecule has 0 fully saturated rings. The summed E-state index contributed by atoms with van der Waals surface area (Å²) in [5.41, 5.74) is 0.435. The van der Waals surface area contributed by atoms with E-state index in [4.69, 9.17) is 26.6 Å². The van der Waals surface area contributed by atoms with Gasteiger partial charge in [0.25, 0.3) is 0 Å². The normalized spacial score (nSPS) is 10.6. The van der Waals surface area contributed by atoms with Crippen LogP contribution in [-0.2, 0) is 11.3 Å². The molecule has 96 valence electrons. The molecule has 5 nitrogen and oxygen atoms in total. The average Bonchev–Trinajstić information content (AvgIpc) is 2.35. The van der Waals surface area contributed by atoms with E-state index in [1.54, 1.807) is 19.2 Å². The van der Waals surface area contributed by atoms with Crippen molar-refractivity contribution in [3.63, 3.8) is 0 Å². The van der Waals surface area contributed by atoms with Crippen LogP contribution in [0.1, 0.15) is 5.69 Å². The Labute approximate surface area is 106 Å². The van der Waals surface area contributed by atoms with Gasteiger partial charge in [-0.05, 0) is 12.1 Å². The van der Waals surface area contributed by atoms with Gasteiger partial charge in [0.15, 0.2) is 0 Å². The predicted octanol–water partition coefficient (Wildman–Crippen LogP) is 0.672. The zero-order chi connectivity index (χ0) is 12.7. The number of rotatable bonds is 7. The second-order valence-electron chi connectivity index (χ2n) is 3.46. The molecule has 0 aliphatic rings. The second-order valence-corrected chi connectivity index (χ2v) is 3.87. The molecule has 0 unspecified atom stereocenters. The SMILES string of the molecule is COCCN(CCO)c1ccc(Cl)c(CO)n1. The summed E-state index contributed by atoms with van der Waals surface area (Å²) in [7, 11) is 1.62. The molecule has 0 aromatic carbocycles. The zero-order valence-corrected chi connectivity index (χ0v) is 10.5. The molecule has 1 aromatic heterocycles. The Hall–Kier alpha value is -0.880. The van der Waals surface area contributed by atoms with Crippen LogP contribution < -0.4 is 4.90 Å². The summed E-state index contributed by atoms with van der Waals surface area (Å²) < 4.78 is 4.99. The number of pyridine rings is 1. The average molecular weight is 261 g/mol. The Morgan fingerprint density at radius 2 is 2.12 bits per heavy atom. The van der Waals surface area contributed by atoms with Crippen molar-refractivity contribution >= 4 is 17.4 Å². The highest BCUT2D eigenvalue weighted by Crippen LogP contribution is 2.19. The number of methoxy groups -OCH3 is 1. The molecule has 6 heteroatoms. The minimum atomic E-state index is -0.204. The molecule has 1 rings (SSSR count). The number of halogens is 1. The van der Waals surface area contributed by atoms with Gasteiger partial charge < -0.3 is 19.8 Å². The number of aliphatic hydroxyl groups excluding tert-OH is 2. The molecule has 2 N–H and O–H groups in total. The maximum absolute atomic E-state index is 9.09. The van der Waals surface area contributed by atoms with Gasteiger partial charge in [-0.3, -0.25) is 0 Å². The van der Waals surface area contributed by atoms with Crippen molar-refractivity contribution < 1.29 is 14.9 Å². The predicted molar refractivity (Wildman–Crippen MR) is 66.3 cm³/mol. The van der Waals surface area contributed by atoms with Crippen LogP contribution in [0.5, 0.6) is 0 Å². The van der Waals surface area contributed by atoms with Crippen molar-refractivity contribution in [2.24, 2.45) is 0 Å². The van der Waals surface area contributed by atoms with Gasteiger partial charge in [0.2, 0.25) is 0 Å². The number of nitrogens with zero attached hydrogens (tertiary/aromatic N) is 2. The van der Waals surface area contributed by atoms with Gasteiger partial charge in [0.1, 0.15) is 5.82 Å². The highest BCUT2D eigenvalue weighted by atomic mass is 35.5. The van der Waals surface area contributed by atoms with E-state index >= 15 is 0 Å². The molecule has 1 aromatic rings. The molecule has 0 aliphatic carbocycles. The topological polar surface area (TPSA) is 65.8 Å². The van der Waals surface area contributed by atoms with E-state index in [0.29, 0.717) is 36.2 Å². The van der Waals surface area contributed by atoms with Gasteiger partial charge in [0, 0.05) is 20.2 Å². The standard InChI is InChI=1S/C11H17ClN2O3/c1-17-7-5-14(4-6-15)11-3-2-9(12)10(8-16)13-11/h2-3,15-16H,4-8H2,1H3. The van der Waals surface area contributed by atoms with Crippen LogP contribution in [0.25, 0.3) is 0 Å². The van der Waals surface area contributed by atoms with E-state index in [-0.39, 0.29) is 13.2 Å². The van der Waals surface area contributed by atoms with Crippen molar-refractivity contribution in [1.29, 1.82) is 0 Å². The maximum atomic E-state index is 9.09. The van der Waals surface area contributed by atoms with Crippen LogP contribution in [0, 0.1) is 0 Å². The lowest BCUT2D eigenvalue weighted by atomic mass is 10.3. The van der Waals surface area contributed by atoms with Gasteiger partial charge in [-0.15, -0.1) is 0 Å². The third kappa shape index (κ3) is 4.12. The number of hydrogen-bond donors (Lipinski definition) is 2. The highest BCUT2D eigenvalue weighted by Gasteiger charge is 2.09. The van der Waals surface area contributed by atoms with Crippen molar-refractivity contribution in [2.75, 3.05) is 38.3 Å². The van der Waals surface area contributed by atoms with Gasteiger partial charge in [-0.25, -0.2) is 4.98 Å². The number of anilines is 1. The first-order chi connectivity index (χ1) is 8.22. The van der Waals surface area contributed by atoms with Crippen molar-refractivity contribution in [3.05, 3.63) is 22.8 Å². The van der Waals surface area contributed by atoms with Gasteiger partial charge in [-0.1, -0.05) is 11.6 Å². The first-order valence-corrected chi connectivity index (χ1v) is 5.71. The summed E-state index contributed by atoms with van der Waals surface area (Å²) in [5.74, 6) is 0.671. The fraction of sp³-hybridized carbons (Fsp3) is 0.545. The van der Waals surface area contributed by atoms with E-state index in [1.165, 1.54) is 0 Å². The van der Waals surface area contributed by atoms with Crippen LogP contribution in [0.3, 0.4) is 0 Å². The van der Waals surface area contributed by atoms with Gasteiger partial charge >= 0.3 is 0 Å². The van der Waals surface area contributed by atoms with Crippen molar-refractivity contribution in [3.8, 4) is 0 Å². The van der Waals surface area contributed by atoms with E-state index in [1.807, 2.05) is 4.90 Å². The minimum Gasteiger partial charge on any atom is -0.395 e. The molecule has 0 saturated carbocycles. The van der Waals surface area contributed by atoms with E-state index in [9.17, 15) is 0 Å². The van der Waals surface area contributed by atoms with Crippen LogP contribution in [0.2, 0.25) is 5.02 Å². The van der Waals surface area contributed by atoms with Crippen LogP contribution in [-0.4, -0.2) is 48.6 Å². The Bertz CT molecular complexity index is 349. The summed E-state index contributed by atoms with van der Waals surface area (Å²) >= 11 is 5.87. The molecule has 0 bridgehead atoms. The number of aromatic nitrogens is 1. The first kappa shape index (κ1) is 14.2. The minimum absolute atomic E-state index is 0.0302. The summed E-state index contributed by atoms with van der Waals surface area (Å²) in [6, 6.07) is 3.44. The number of hydrogen-bond acceptors (Lipinski definition) is 5. The van der Waals surface area contributed by atoms with Gasteiger partial charge in [0.05, 0.1) is 30.5 Å². The molecular weight excluding hydrogens is 244 g/mol. The van der Waals surface area contributed by atoms with Crippen LogP contribution >= 0.6 is 11.6 Å². The summed E-state index contributed by atoms with van der Waals surface area (Å²) in [5, 5.41) is 18.5. The monoisotopic (exact) mass is 260 g/mol. The van der Waals surface area contributed by atoms with E-state index < -0.39 is 0 Å². The molecule has 0 amide bonds. The first-order valence-electron chi connectivity index (χ1n) is 5.34. The van der Waals surface area contributed by atoms with Crippen molar-refractivity contribution in [1.82, 2.24) is 4.98 Å². The third-order valence-electron chi connectivity index (χ3n) is 2.31. The summed E-state index contributed by atoms with van der Waals surface area (Å²) in [6.45, 7) is 1.45. The zero-order valence-electron chi connectivity index (χ0n) is 9.77. The van der Waals surface area contributed by atoms with Crippen LogP contribution in [0.15, 0.2) is 12.1 Å². The fourth-order valence-corrected chi connectivity index (χ4v) is 1.59. The smallest absolute Gasteiger partial charge is 0.129 e. The maximum Gasteiger partial charge on any atom is 0.129 e. The Morgan fingerprint density at radius 1 is 1.35 bits per heavy atom. The van der Waals surface area contributed by atoms with E-state index in [2.05, 4.69) is 4.98 Å². The molecule has 0 spiro atoms. The highest BCUT2D eigenvalue weighted by molar-refractivity contribution is 6.31. The van der Waals surface area contributed by atoms with Crippen molar-refractivity contribution in [2.45, 2.75) is 6.61 Å². The molecule has 1 heterocycles. The largest absolute Gasteiger partial charge is 0.395 e. The molecule has 0 saturated heterocycles. The Kier molecular flexibility index (Phi) is 6.21. The summed E-state index contributed by atoms with van der Waals surface area (Å²) in [6.07, 6.45) is 0. The van der Waals surface area contributed by atoms with Gasteiger partial charge in [-0.2, -0.15) is 0 Å². The lowest BCUT2D eigenvalue weighted by molar-refractivity contribution is 0.202. The lowest BCUT2D eigenvalue weighted by Crippen LogP contribution is -2.31. The Morgan fingerprint density at radius 3 is 2.71 bits per heavy atom.